The van der Waals surface area contributed by atoms with Crippen LogP contribution in [0.15, 0.2) is 59.3 Å². The smallest absolute Gasteiger partial charge is 0.277 e. The largest absolute Gasteiger partial charge is 0.490 e. The second kappa shape index (κ2) is 7.79. The van der Waals surface area contributed by atoms with Gasteiger partial charge in [-0.3, -0.25) is 9.10 Å². The molecule has 1 aliphatic rings. The fraction of sp³-hybridized carbons (Fsp3) is 0.263. The fourth-order valence-corrected chi connectivity index (χ4v) is 4.13. The first-order valence-corrected chi connectivity index (χ1v) is 10.1. The van der Waals surface area contributed by atoms with Crippen LogP contribution in [0.25, 0.3) is 5.76 Å². The van der Waals surface area contributed by atoms with Crippen LogP contribution in [0.3, 0.4) is 0 Å². The van der Waals surface area contributed by atoms with Gasteiger partial charge >= 0.3 is 0 Å². The highest BCUT2D eigenvalue weighted by Gasteiger charge is 2.38. The van der Waals surface area contributed by atoms with Crippen LogP contribution in [-0.2, 0) is 19.6 Å². The molecule has 0 fully saturated rings. The maximum atomic E-state index is 12.9. The molecule has 3 rings (SSSR count). The van der Waals surface area contributed by atoms with Gasteiger partial charge in [0.15, 0.2) is 11.5 Å². The first-order valence-electron chi connectivity index (χ1n) is 8.64. The minimum absolute atomic E-state index is 0.0598. The van der Waals surface area contributed by atoms with Crippen molar-refractivity contribution < 1.29 is 17.9 Å². The summed E-state index contributed by atoms with van der Waals surface area (Å²) in [5.41, 5.74) is 0.327. The molecule has 0 radical (unpaired) electrons. The molecule has 0 bridgehead atoms. The van der Waals surface area contributed by atoms with Crippen molar-refractivity contribution in [3.05, 3.63) is 59.9 Å². The predicted molar refractivity (Wildman–Crippen MR) is 102 cm³/mol. The average Bonchev–Trinajstić information content (AvgIpc) is 2.67. The molecule has 8 heteroatoms. The number of carbonyl (C=O) groups excluding carboxylic acids is 1. The Kier molecular flexibility index (Phi) is 5.46. The van der Waals surface area contributed by atoms with Crippen LogP contribution >= 0.6 is 0 Å². The van der Waals surface area contributed by atoms with Gasteiger partial charge in [0, 0.05) is 18.8 Å². The van der Waals surface area contributed by atoms with Gasteiger partial charge < -0.3 is 10.1 Å². The van der Waals surface area contributed by atoms with E-state index in [0.717, 1.165) is 17.1 Å². The summed E-state index contributed by atoms with van der Waals surface area (Å²) in [6.45, 7) is 2.41. The molecule has 0 atom stereocenters. The lowest BCUT2D eigenvalue weighted by molar-refractivity contribution is -0.113. The third kappa shape index (κ3) is 3.66. The van der Waals surface area contributed by atoms with Crippen LogP contribution < -0.4 is 5.32 Å². The number of ether oxygens (including phenoxy) is 1. The minimum Gasteiger partial charge on any atom is -0.490 e. The molecule has 2 heterocycles. The number of benzene rings is 1. The summed E-state index contributed by atoms with van der Waals surface area (Å²) >= 11 is 0. The molecule has 1 aromatic carbocycles. The average molecular weight is 387 g/mol. The maximum Gasteiger partial charge on any atom is 0.277 e. The molecule has 1 amide bonds. The van der Waals surface area contributed by atoms with E-state index in [9.17, 15) is 13.2 Å². The number of unbranched alkanes of at least 4 members (excludes halogenated alkanes) is 1. The molecule has 7 nitrogen and oxygen atoms in total. The van der Waals surface area contributed by atoms with Gasteiger partial charge in [-0.2, -0.15) is 0 Å². The number of fused-ring (bicyclic) bond motifs is 1. The number of hydrogen-bond acceptors (Lipinski definition) is 5. The number of aromatic nitrogens is 1. The lowest BCUT2D eigenvalue weighted by Crippen LogP contribution is -2.37. The number of anilines is 1. The number of likely N-dealkylation sites (N-methyl/N-ethyl adjacent to an activating group) is 1. The molecule has 27 heavy (non-hydrogen) atoms. The Balaban J connectivity index is 2.10. The highest BCUT2D eigenvalue weighted by atomic mass is 32.2. The lowest BCUT2D eigenvalue weighted by atomic mass is 10.1. The number of sulfonamides is 1. The molecule has 0 saturated heterocycles. The number of carbonyl (C=O) groups is 1. The zero-order valence-corrected chi connectivity index (χ0v) is 16.0. The maximum absolute atomic E-state index is 12.9. The van der Waals surface area contributed by atoms with Gasteiger partial charge in [0.2, 0.25) is 0 Å². The van der Waals surface area contributed by atoms with Gasteiger partial charge in [-0.25, -0.2) is 13.4 Å². The number of amides is 1. The van der Waals surface area contributed by atoms with Crippen molar-refractivity contribution in [1.29, 1.82) is 0 Å². The van der Waals surface area contributed by atoms with Crippen molar-refractivity contribution in [1.82, 2.24) is 9.29 Å². The summed E-state index contributed by atoms with van der Waals surface area (Å²) in [7, 11) is -2.51. The number of pyridine rings is 1. The molecule has 1 aromatic heterocycles. The van der Waals surface area contributed by atoms with Gasteiger partial charge in [-0.15, -0.1) is 0 Å². The van der Waals surface area contributed by atoms with Gasteiger partial charge in [0.25, 0.3) is 15.9 Å². The predicted octanol–water partition coefficient (Wildman–Crippen LogP) is 2.84. The zero-order chi connectivity index (χ0) is 19.4. The van der Waals surface area contributed by atoms with E-state index in [2.05, 4.69) is 10.3 Å². The monoisotopic (exact) mass is 387 g/mol. The van der Waals surface area contributed by atoms with E-state index in [-0.39, 0.29) is 16.4 Å². The summed E-state index contributed by atoms with van der Waals surface area (Å²) in [6.07, 6.45) is 3.25. The summed E-state index contributed by atoms with van der Waals surface area (Å²) in [5, 5.41) is 2.64. The highest BCUT2D eigenvalue weighted by Crippen LogP contribution is 2.36. The number of nitrogens with one attached hydrogen (secondary N) is 1. The van der Waals surface area contributed by atoms with E-state index in [1.807, 2.05) is 6.92 Å². The Morgan fingerprint density at radius 2 is 1.93 bits per heavy atom. The quantitative estimate of drug-likeness (QED) is 0.770. The molecular weight excluding hydrogens is 366 g/mol. The first kappa shape index (κ1) is 18.9. The van der Waals surface area contributed by atoms with Crippen LogP contribution in [0.1, 0.15) is 25.3 Å². The Hall–Kier alpha value is -2.87. The van der Waals surface area contributed by atoms with E-state index in [1.54, 1.807) is 42.6 Å². The summed E-state index contributed by atoms with van der Waals surface area (Å²) in [4.78, 5) is 17.1. The SMILES string of the molecule is CCCCOC1=C(C(=O)Nc2ccccn2)N(C)S(=O)(=O)c2ccccc21. The Bertz CT molecular complexity index is 971. The van der Waals surface area contributed by atoms with Gasteiger partial charge in [-0.1, -0.05) is 31.5 Å². The molecule has 0 spiro atoms. The first-order chi connectivity index (χ1) is 13.0. The molecule has 1 aliphatic heterocycles. The normalized spacial score (nSPS) is 15.3. The van der Waals surface area contributed by atoms with E-state index in [0.29, 0.717) is 18.0 Å². The Morgan fingerprint density at radius 3 is 2.63 bits per heavy atom. The summed E-state index contributed by atoms with van der Waals surface area (Å²) < 4.78 is 32.6. The second-order valence-corrected chi connectivity index (χ2v) is 7.96. The number of nitrogens with zero attached hydrogens (tertiary/aromatic N) is 2. The van der Waals surface area contributed by atoms with Crippen LogP contribution in [0.4, 0.5) is 5.82 Å². The van der Waals surface area contributed by atoms with Crippen molar-refractivity contribution in [2.75, 3.05) is 19.0 Å². The van der Waals surface area contributed by atoms with Gasteiger partial charge in [0.1, 0.15) is 5.82 Å². The van der Waals surface area contributed by atoms with Crippen LogP contribution in [0, 0.1) is 0 Å². The van der Waals surface area contributed by atoms with Crippen LogP contribution in [0.5, 0.6) is 0 Å². The fourth-order valence-electron chi connectivity index (χ4n) is 2.74. The number of rotatable bonds is 6. The molecule has 2 aromatic rings. The third-order valence-corrected chi connectivity index (χ3v) is 5.98. The second-order valence-electron chi connectivity index (χ2n) is 6.02. The minimum atomic E-state index is -3.86. The van der Waals surface area contributed by atoms with E-state index < -0.39 is 15.9 Å². The van der Waals surface area contributed by atoms with Gasteiger partial charge in [-0.05, 0) is 30.7 Å². The summed E-state index contributed by atoms with van der Waals surface area (Å²) in [5.74, 6) is -0.0156. The molecule has 0 saturated carbocycles. The van der Waals surface area contributed by atoms with Crippen LogP contribution in [-0.4, -0.2) is 37.3 Å². The Morgan fingerprint density at radius 1 is 1.19 bits per heavy atom. The third-order valence-electron chi connectivity index (χ3n) is 4.17. The molecule has 142 valence electrons. The Labute approximate surface area is 158 Å². The van der Waals surface area contributed by atoms with Crippen molar-refractivity contribution in [2.24, 2.45) is 0 Å². The molecular formula is C19H21N3O4S. The zero-order valence-electron chi connectivity index (χ0n) is 15.2. The summed E-state index contributed by atoms with van der Waals surface area (Å²) in [6, 6.07) is 11.6. The van der Waals surface area contributed by atoms with Crippen molar-refractivity contribution >= 4 is 27.5 Å². The van der Waals surface area contributed by atoms with Gasteiger partial charge in [0.05, 0.1) is 11.5 Å². The van der Waals surface area contributed by atoms with Crippen LogP contribution in [0.2, 0.25) is 0 Å². The molecule has 0 unspecified atom stereocenters. The van der Waals surface area contributed by atoms with E-state index in [1.165, 1.54) is 13.1 Å². The standard InChI is InChI=1S/C19H21N3O4S/c1-3-4-13-26-18-14-9-5-6-10-15(14)27(24,25)22(2)17(18)19(23)21-16-11-7-8-12-20-16/h5-12H,3-4,13H2,1-2H3,(H,20,21,23). The molecule has 1 N–H and O–H groups in total. The van der Waals surface area contributed by atoms with E-state index >= 15 is 0 Å². The lowest BCUT2D eigenvalue weighted by Gasteiger charge is -2.30. The topological polar surface area (TPSA) is 88.6 Å². The van der Waals surface area contributed by atoms with Crippen molar-refractivity contribution in [2.45, 2.75) is 24.7 Å². The highest BCUT2D eigenvalue weighted by molar-refractivity contribution is 7.89. The number of hydrogen-bond donors (Lipinski definition) is 1. The van der Waals surface area contributed by atoms with Crippen molar-refractivity contribution in [3.63, 3.8) is 0 Å². The van der Waals surface area contributed by atoms with E-state index in [4.69, 9.17) is 4.74 Å². The van der Waals surface area contributed by atoms with Crippen molar-refractivity contribution in [3.8, 4) is 0 Å². The molecule has 0 aliphatic carbocycles.